The second-order valence-electron chi connectivity index (χ2n) is 8.88. The van der Waals surface area contributed by atoms with Crippen LogP contribution in [-0.2, 0) is 19.1 Å². The summed E-state index contributed by atoms with van der Waals surface area (Å²) in [6.07, 6.45) is 0.603. The third-order valence-corrected chi connectivity index (χ3v) is 6.26. The molecule has 0 unspecified atom stereocenters. The number of aromatic amines is 1. The maximum Gasteiger partial charge on any atom is 0.354 e. The van der Waals surface area contributed by atoms with Gasteiger partial charge in [0, 0.05) is 17.8 Å². The zero-order chi connectivity index (χ0) is 26.7. The van der Waals surface area contributed by atoms with Crippen LogP contribution in [0, 0.1) is 13.8 Å². The molecule has 36 heavy (non-hydrogen) atoms. The number of rotatable bonds is 8. The average Bonchev–Trinajstić information content (AvgIpc) is 3.29. The van der Waals surface area contributed by atoms with Gasteiger partial charge in [0.1, 0.15) is 11.5 Å². The van der Waals surface area contributed by atoms with E-state index < -0.39 is 29.7 Å². The van der Waals surface area contributed by atoms with Gasteiger partial charge < -0.3 is 29.4 Å². The first-order chi connectivity index (χ1) is 17.0. The van der Waals surface area contributed by atoms with E-state index in [1.165, 1.54) is 19.1 Å². The Morgan fingerprint density at radius 2 is 1.67 bits per heavy atom. The van der Waals surface area contributed by atoms with E-state index in [-0.39, 0.29) is 29.1 Å². The number of carbonyl (C=O) groups excluding carboxylic acids is 4. The number of amides is 1. The molecule has 1 amide bonds. The number of H-pyrrole nitrogens is 1. The van der Waals surface area contributed by atoms with Gasteiger partial charge in [-0.2, -0.15) is 0 Å². The Kier molecular flexibility index (Phi) is 7.99. The van der Waals surface area contributed by atoms with Crippen LogP contribution in [0.5, 0.6) is 0 Å². The van der Waals surface area contributed by atoms with Gasteiger partial charge in [-0.1, -0.05) is 12.1 Å². The molecular weight excluding hydrogens is 466 g/mol. The largest absolute Gasteiger partial charge is 0.507 e. The third kappa shape index (κ3) is 4.90. The maximum atomic E-state index is 13.3. The highest BCUT2D eigenvalue weighted by Gasteiger charge is 2.46. The minimum Gasteiger partial charge on any atom is -0.507 e. The van der Waals surface area contributed by atoms with Crippen molar-refractivity contribution in [3.05, 3.63) is 63.5 Å². The summed E-state index contributed by atoms with van der Waals surface area (Å²) in [6, 6.07) is 5.47. The van der Waals surface area contributed by atoms with Gasteiger partial charge in [0.25, 0.3) is 11.7 Å². The number of ketones is 1. The smallest absolute Gasteiger partial charge is 0.354 e. The number of methoxy groups -OCH3 is 2. The molecule has 0 saturated carbocycles. The molecule has 3 rings (SSSR count). The molecule has 0 aliphatic carbocycles. The number of esters is 2. The van der Waals surface area contributed by atoms with Crippen LogP contribution >= 0.6 is 0 Å². The molecule has 0 radical (unpaired) electrons. The number of aliphatic hydroxyl groups is 1. The van der Waals surface area contributed by atoms with Gasteiger partial charge in [0.2, 0.25) is 0 Å². The van der Waals surface area contributed by atoms with E-state index in [0.29, 0.717) is 35.3 Å². The summed E-state index contributed by atoms with van der Waals surface area (Å²) in [5.74, 6) is -3.06. The highest BCUT2D eigenvalue weighted by Crippen LogP contribution is 2.41. The number of likely N-dealkylation sites (tertiary alicyclic amines) is 1. The molecule has 2 aromatic rings. The third-order valence-electron chi connectivity index (χ3n) is 6.26. The molecule has 2 heterocycles. The van der Waals surface area contributed by atoms with Crippen molar-refractivity contribution in [3.63, 3.8) is 0 Å². The predicted molar refractivity (Wildman–Crippen MR) is 132 cm³/mol. The number of nitrogens with zero attached hydrogens (tertiary/aromatic N) is 2. The fourth-order valence-corrected chi connectivity index (χ4v) is 4.48. The van der Waals surface area contributed by atoms with E-state index in [9.17, 15) is 24.3 Å². The fraction of sp³-hybridized carbons (Fsp3) is 0.385. The number of hydrogen-bond acceptors (Lipinski definition) is 8. The number of hydrogen-bond donors (Lipinski definition) is 2. The van der Waals surface area contributed by atoms with E-state index in [0.717, 1.165) is 0 Å². The molecule has 0 spiro atoms. The van der Waals surface area contributed by atoms with Crippen molar-refractivity contribution in [2.45, 2.75) is 26.3 Å². The summed E-state index contributed by atoms with van der Waals surface area (Å²) in [6.45, 7) is 4.25. The monoisotopic (exact) mass is 497 g/mol. The molecule has 1 aliphatic rings. The minimum absolute atomic E-state index is 0.0858. The number of aromatic nitrogens is 1. The van der Waals surface area contributed by atoms with Gasteiger partial charge in [-0.3, -0.25) is 9.59 Å². The van der Waals surface area contributed by atoms with Gasteiger partial charge in [-0.05, 0) is 64.2 Å². The van der Waals surface area contributed by atoms with Crippen LogP contribution in [-0.4, -0.2) is 84.9 Å². The van der Waals surface area contributed by atoms with Crippen molar-refractivity contribution in [1.29, 1.82) is 0 Å². The molecule has 1 fully saturated rings. The first kappa shape index (κ1) is 26.7. The van der Waals surface area contributed by atoms with Gasteiger partial charge >= 0.3 is 11.9 Å². The predicted octanol–water partition coefficient (Wildman–Crippen LogP) is 2.58. The molecule has 1 aromatic heterocycles. The van der Waals surface area contributed by atoms with Gasteiger partial charge in [0.05, 0.1) is 31.4 Å². The minimum atomic E-state index is -0.880. The maximum absolute atomic E-state index is 13.3. The number of benzene rings is 1. The number of Topliss-reactive ketones (excluding diaryl/α,β-unsaturated/α-hetero) is 1. The summed E-state index contributed by atoms with van der Waals surface area (Å²) in [4.78, 5) is 56.7. The molecule has 192 valence electrons. The lowest BCUT2D eigenvalue weighted by Gasteiger charge is -2.26. The van der Waals surface area contributed by atoms with Gasteiger partial charge in [0.15, 0.2) is 0 Å². The van der Waals surface area contributed by atoms with E-state index in [4.69, 9.17) is 9.47 Å². The number of aliphatic hydroxyl groups excluding tert-OH is 1. The summed E-state index contributed by atoms with van der Waals surface area (Å²) < 4.78 is 9.55. The highest BCUT2D eigenvalue weighted by molar-refractivity contribution is 6.46. The number of ether oxygens (including phenoxy) is 2. The van der Waals surface area contributed by atoms with E-state index in [1.807, 2.05) is 19.0 Å². The molecule has 1 aromatic carbocycles. The van der Waals surface area contributed by atoms with E-state index in [2.05, 4.69) is 4.98 Å². The second kappa shape index (κ2) is 10.8. The summed E-state index contributed by atoms with van der Waals surface area (Å²) in [5.41, 5.74) is 2.03. The lowest BCUT2D eigenvalue weighted by atomic mass is 9.93. The quantitative estimate of drug-likeness (QED) is 0.246. The van der Waals surface area contributed by atoms with Crippen molar-refractivity contribution in [1.82, 2.24) is 14.8 Å². The molecule has 10 nitrogen and oxygen atoms in total. The summed E-state index contributed by atoms with van der Waals surface area (Å²) in [7, 11) is 6.34. The van der Waals surface area contributed by atoms with Crippen LogP contribution < -0.4 is 0 Å². The van der Waals surface area contributed by atoms with E-state index >= 15 is 0 Å². The zero-order valence-corrected chi connectivity index (χ0v) is 21.3. The molecule has 10 heteroatoms. The molecule has 2 N–H and O–H groups in total. The van der Waals surface area contributed by atoms with Crippen LogP contribution in [0.3, 0.4) is 0 Å². The number of nitrogens with one attached hydrogen (secondary N) is 1. The summed E-state index contributed by atoms with van der Waals surface area (Å²) >= 11 is 0. The Hall–Kier alpha value is -3.92. The Bertz CT molecular complexity index is 1220. The van der Waals surface area contributed by atoms with Gasteiger partial charge in [-0.15, -0.1) is 0 Å². The molecular formula is C26H31N3O7. The van der Waals surface area contributed by atoms with Crippen molar-refractivity contribution < 1.29 is 33.8 Å². The summed E-state index contributed by atoms with van der Waals surface area (Å²) in [5, 5.41) is 11.4. The number of aryl methyl sites for hydroxylation is 1. The van der Waals surface area contributed by atoms with Crippen LogP contribution in [0.25, 0.3) is 5.76 Å². The van der Waals surface area contributed by atoms with Crippen LogP contribution in [0.2, 0.25) is 0 Å². The van der Waals surface area contributed by atoms with Crippen molar-refractivity contribution >= 4 is 29.4 Å². The highest BCUT2D eigenvalue weighted by atomic mass is 16.5. The standard InChI is InChI=1S/C26H31N3O7/c1-14-18(15(2)27-20(14)26(34)36-6)22(30)19-21(16-8-10-17(11-9-16)25(33)35-5)29(24(32)23(19)31)13-7-12-28(3)4/h8-11,21,27,30H,7,12-13H2,1-6H3/b22-19+/t21-/m0/s1. The average molecular weight is 498 g/mol. The SMILES string of the molecule is COC(=O)c1ccc([C@H]2/C(=C(\O)c3c(C)[nH]c(C(=O)OC)c3C)C(=O)C(=O)N2CCCN(C)C)cc1. The first-order valence-electron chi connectivity index (χ1n) is 11.4. The fourth-order valence-electron chi connectivity index (χ4n) is 4.48. The Morgan fingerprint density at radius 3 is 2.22 bits per heavy atom. The zero-order valence-electron chi connectivity index (χ0n) is 21.3. The lowest BCUT2D eigenvalue weighted by molar-refractivity contribution is -0.139. The second-order valence-corrected chi connectivity index (χ2v) is 8.88. The molecule has 0 bridgehead atoms. The molecule has 1 saturated heterocycles. The molecule has 1 atom stereocenters. The number of carbonyl (C=O) groups is 4. The van der Waals surface area contributed by atoms with Gasteiger partial charge in [-0.25, -0.2) is 9.59 Å². The Morgan fingerprint density at radius 1 is 1.06 bits per heavy atom. The Labute approximate surface area is 209 Å². The van der Waals surface area contributed by atoms with Crippen LogP contribution in [0.4, 0.5) is 0 Å². The normalized spacial score (nSPS) is 17.1. The van der Waals surface area contributed by atoms with E-state index in [1.54, 1.807) is 38.1 Å². The Balaban J connectivity index is 2.17. The lowest BCUT2D eigenvalue weighted by Crippen LogP contribution is -2.32. The van der Waals surface area contributed by atoms with Crippen LogP contribution in [0.15, 0.2) is 29.8 Å². The van der Waals surface area contributed by atoms with Crippen LogP contribution in [0.1, 0.15) is 55.7 Å². The molecule has 1 aliphatic heterocycles. The topological polar surface area (TPSA) is 129 Å². The van der Waals surface area contributed by atoms with Crippen molar-refractivity contribution in [3.8, 4) is 0 Å². The van der Waals surface area contributed by atoms with Crippen molar-refractivity contribution in [2.75, 3.05) is 41.4 Å². The van der Waals surface area contributed by atoms with Crippen molar-refractivity contribution in [2.24, 2.45) is 0 Å². The first-order valence-corrected chi connectivity index (χ1v) is 11.4.